The van der Waals surface area contributed by atoms with Crippen LogP contribution in [-0.4, -0.2) is 40.2 Å². The minimum Gasteiger partial charge on any atom is -0.453 e. The number of nitriles is 1. The predicted octanol–water partition coefficient (Wildman–Crippen LogP) is 3.97. The second-order valence-electron chi connectivity index (χ2n) is 8.94. The van der Waals surface area contributed by atoms with Gasteiger partial charge < -0.3 is 4.74 Å². The van der Waals surface area contributed by atoms with Crippen LogP contribution in [0.5, 0.6) is 11.5 Å². The Labute approximate surface area is 198 Å². The minimum absolute atomic E-state index is 0.0813. The molecular weight excluding hydrogens is 478 g/mol. The molecule has 1 saturated carbocycles. The predicted molar refractivity (Wildman–Crippen MR) is 122 cm³/mol. The Hall–Kier alpha value is -3.82. The van der Waals surface area contributed by atoms with Crippen molar-refractivity contribution in [2.24, 2.45) is 5.41 Å². The zero-order valence-electron chi connectivity index (χ0n) is 18.2. The first-order valence-electron chi connectivity index (χ1n) is 10.9. The quantitative estimate of drug-likeness (QED) is 0.448. The number of imidazole rings is 1. The molecule has 0 amide bonds. The van der Waals surface area contributed by atoms with Crippen LogP contribution in [0.1, 0.15) is 24.8 Å². The van der Waals surface area contributed by atoms with Gasteiger partial charge in [-0.2, -0.15) is 22.4 Å². The Morgan fingerprint density at radius 1 is 1.14 bits per heavy atom. The van der Waals surface area contributed by atoms with E-state index >= 15 is 0 Å². The fraction of sp³-hybridized carbons (Fsp3) is 0.261. The van der Waals surface area contributed by atoms with E-state index < -0.39 is 27.7 Å². The molecule has 4 aromatic rings. The molecule has 2 aromatic carbocycles. The van der Waals surface area contributed by atoms with Gasteiger partial charge in [0, 0.05) is 18.5 Å². The lowest BCUT2D eigenvalue weighted by Crippen LogP contribution is -2.62. The molecule has 0 radical (unpaired) electrons. The summed E-state index contributed by atoms with van der Waals surface area (Å²) in [6, 6.07) is 8.67. The van der Waals surface area contributed by atoms with Crippen LogP contribution in [0.2, 0.25) is 0 Å². The van der Waals surface area contributed by atoms with E-state index in [0.29, 0.717) is 29.6 Å². The maximum Gasteiger partial charge on any atom is 0.301 e. The van der Waals surface area contributed by atoms with E-state index in [1.54, 1.807) is 6.07 Å². The number of hydrogen-bond donors (Lipinski definition) is 1. The van der Waals surface area contributed by atoms with Crippen molar-refractivity contribution in [1.82, 2.24) is 18.7 Å². The van der Waals surface area contributed by atoms with Crippen molar-refractivity contribution in [3.63, 3.8) is 0 Å². The molecule has 1 aliphatic heterocycles. The van der Waals surface area contributed by atoms with Crippen LogP contribution in [0, 0.1) is 28.5 Å². The van der Waals surface area contributed by atoms with Gasteiger partial charge in [-0.1, -0.05) is 6.42 Å². The third-order valence-corrected chi connectivity index (χ3v) is 8.15. The van der Waals surface area contributed by atoms with Gasteiger partial charge in [0.05, 0.1) is 17.4 Å². The lowest BCUT2D eigenvalue weighted by molar-refractivity contribution is -0.00752. The van der Waals surface area contributed by atoms with Crippen LogP contribution in [-0.2, 0) is 10.2 Å². The molecule has 1 N–H and O–H groups in total. The summed E-state index contributed by atoms with van der Waals surface area (Å²) >= 11 is 0. The Morgan fingerprint density at radius 2 is 1.94 bits per heavy atom. The zero-order chi connectivity index (χ0) is 24.4. The molecular formula is C23H18F2N6O3S. The normalized spacial score (nSPS) is 17.2. The van der Waals surface area contributed by atoms with Crippen molar-refractivity contribution in [3.05, 3.63) is 60.2 Å². The lowest BCUT2D eigenvalue weighted by atomic mass is 9.65. The Kier molecular flexibility index (Phi) is 4.71. The van der Waals surface area contributed by atoms with Gasteiger partial charge in [-0.3, -0.25) is 9.12 Å². The topological polar surface area (TPSA) is 113 Å². The summed E-state index contributed by atoms with van der Waals surface area (Å²) in [6.45, 7) is 0.867. The Morgan fingerprint density at radius 3 is 2.66 bits per heavy atom. The van der Waals surface area contributed by atoms with Gasteiger partial charge >= 0.3 is 10.2 Å². The largest absolute Gasteiger partial charge is 0.453 e. The number of fused-ring (bicyclic) bond motifs is 3. The molecule has 178 valence electrons. The van der Waals surface area contributed by atoms with Crippen molar-refractivity contribution in [3.8, 4) is 17.6 Å². The maximum absolute atomic E-state index is 14.8. The molecule has 2 fully saturated rings. The molecule has 2 aliphatic rings. The third-order valence-electron chi connectivity index (χ3n) is 6.73. The van der Waals surface area contributed by atoms with Crippen LogP contribution >= 0.6 is 0 Å². The average molecular weight is 496 g/mol. The van der Waals surface area contributed by atoms with E-state index in [0.717, 1.165) is 35.9 Å². The number of aromatic nitrogens is 3. The van der Waals surface area contributed by atoms with Gasteiger partial charge in [-0.05, 0) is 48.6 Å². The van der Waals surface area contributed by atoms with Crippen molar-refractivity contribution in [2.45, 2.75) is 19.3 Å². The van der Waals surface area contributed by atoms with Gasteiger partial charge in [-0.25, -0.2) is 14.4 Å². The number of anilines is 1. The molecule has 6 rings (SSSR count). The number of nitrogens with one attached hydrogen (secondary N) is 1. The fourth-order valence-corrected chi connectivity index (χ4v) is 6.14. The number of benzene rings is 2. The van der Waals surface area contributed by atoms with Crippen molar-refractivity contribution in [2.75, 3.05) is 17.8 Å². The SMILES string of the molecule is N#Cc1c(NS(=O)(=O)N2CC3(CCC3)C2)ccc(F)c1Oc1ccc2ncn3c(F)cnc3c2c1. The molecule has 0 atom stereocenters. The lowest BCUT2D eigenvalue weighted by Gasteiger charge is -2.54. The molecule has 1 aliphatic carbocycles. The van der Waals surface area contributed by atoms with Crippen LogP contribution in [0.25, 0.3) is 16.6 Å². The van der Waals surface area contributed by atoms with Crippen LogP contribution < -0.4 is 9.46 Å². The number of rotatable bonds is 5. The van der Waals surface area contributed by atoms with Crippen LogP contribution in [0.4, 0.5) is 14.5 Å². The van der Waals surface area contributed by atoms with E-state index in [2.05, 4.69) is 14.7 Å². The Bertz CT molecular complexity index is 1650. The Balaban J connectivity index is 1.33. The van der Waals surface area contributed by atoms with E-state index in [1.165, 1.54) is 28.8 Å². The second kappa shape index (κ2) is 7.59. The van der Waals surface area contributed by atoms with Crippen molar-refractivity contribution >= 4 is 32.4 Å². The van der Waals surface area contributed by atoms with Gasteiger partial charge in [0.2, 0.25) is 5.95 Å². The summed E-state index contributed by atoms with van der Waals surface area (Å²) in [6.07, 6.45) is 5.48. The summed E-state index contributed by atoms with van der Waals surface area (Å²) in [5.74, 6) is -1.73. The second-order valence-corrected chi connectivity index (χ2v) is 10.6. The molecule has 9 nitrogen and oxygen atoms in total. The summed E-state index contributed by atoms with van der Waals surface area (Å²) < 4.78 is 64.9. The van der Waals surface area contributed by atoms with Gasteiger partial charge in [0.1, 0.15) is 29.4 Å². The molecule has 12 heteroatoms. The zero-order valence-corrected chi connectivity index (χ0v) is 19.0. The first kappa shape index (κ1) is 21.7. The molecule has 1 saturated heterocycles. The number of hydrogen-bond acceptors (Lipinski definition) is 6. The van der Waals surface area contributed by atoms with E-state index in [9.17, 15) is 22.5 Å². The molecule has 2 aromatic heterocycles. The van der Waals surface area contributed by atoms with E-state index in [4.69, 9.17) is 4.74 Å². The summed E-state index contributed by atoms with van der Waals surface area (Å²) in [5.41, 5.74) is 0.503. The highest BCUT2D eigenvalue weighted by Gasteiger charge is 2.51. The minimum atomic E-state index is -3.91. The standard InChI is InChI=1S/C23H18F2N6O3S/c24-17-3-5-19(29-35(32,33)30-11-23(12-30)6-1-7-23)16(9-26)21(17)34-14-2-4-18-15(8-14)22-27-10-20(25)31(22)13-28-18/h2-5,8,10,13,29H,1,6-7,11-12H2. The van der Waals surface area contributed by atoms with Crippen LogP contribution in [0.3, 0.4) is 0 Å². The summed E-state index contributed by atoms with van der Waals surface area (Å²) in [5, 5.41) is 10.2. The average Bonchev–Trinajstić information content (AvgIpc) is 3.15. The smallest absolute Gasteiger partial charge is 0.301 e. The monoisotopic (exact) mass is 496 g/mol. The van der Waals surface area contributed by atoms with E-state index in [1.807, 2.05) is 6.07 Å². The molecule has 0 unspecified atom stereocenters. The molecule has 3 heterocycles. The molecule has 35 heavy (non-hydrogen) atoms. The third kappa shape index (κ3) is 3.46. The van der Waals surface area contributed by atoms with Gasteiger partial charge in [0.15, 0.2) is 11.6 Å². The highest BCUT2D eigenvalue weighted by Crippen LogP contribution is 2.49. The molecule has 0 bridgehead atoms. The highest BCUT2D eigenvalue weighted by molar-refractivity contribution is 7.90. The first-order valence-corrected chi connectivity index (χ1v) is 12.3. The van der Waals surface area contributed by atoms with Crippen LogP contribution in [0.15, 0.2) is 42.9 Å². The van der Waals surface area contributed by atoms with Gasteiger partial charge in [-0.15, -0.1) is 0 Å². The molecule has 1 spiro atoms. The van der Waals surface area contributed by atoms with Crippen molar-refractivity contribution < 1.29 is 21.9 Å². The summed E-state index contributed by atoms with van der Waals surface area (Å²) in [7, 11) is -3.91. The number of halogens is 2. The first-order chi connectivity index (χ1) is 16.8. The fourth-order valence-electron chi connectivity index (χ4n) is 4.68. The van der Waals surface area contributed by atoms with Crippen molar-refractivity contribution in [1.29, 1.82) is 5.26 Å². The number of ether oxygens (including phenoxy) is 1. The van der Waals surface area contributed by atoms with E-state index in [-0.39, 0.29) is 22.4 Å². The number of nitrogens with zero attached hydrogens (tertiary/aromatic N) is 5. The maximum atomic E-state index is 14.8. The summed E-state index contributed by atoms with van der Waals surface area (Å²) in [4.78, 5) is 8.20. The highest BCUT2D eigenvalue weighted by atomic mass is 32.2. The van der Waals surface area contributed by atoms with Gasteiger partial charge in [0.25, 0.3) is 0 Å².